The highest BCUT2D eigenvalue weighted by Crippen LogP contribution is 2.39. The van der Waals surface area contributed by atoms with Crippen LogP contribution in [-0.4, -0.2) is 23.7 Å². The van der Waals surface area contributed by atoms with Gasteiger partial charge in [-0.15, -0.1) is 0 Å². The standard InChI is InChI=1S/C15H17BrN2O2/c1-15(2)7-4-8-18(13(15)14(19)20)12-6-3-5-11(16)10(12)9-17/h3,5-6,13H,4,7-8H2,1-2H3,(H,19,20). The van der Waals surface area contributed by atoms with Crippen LogP contribution in [0.25, 0.3) is 0 Å². The fraction of sp³-hybridized carbons (Fsp3) is 0.467. The molecule has 1 heterocycles. The van der Waals surface area contributed by atoms with Gasteiger partial charge in [0.2, 0.25) is 0 Å². The quantitative estimate of drug-likeness (QED) is 0.898. The van der Waals surface area contributed by atoms with E-state index < -0.39 is 12.0 Å². The van der Waals surface area contributed by atoms with E-state index >= 15 is 0 Å². The number of hydrogen-bond acceptors (Lipinski definition) is 3. The number of nitrogens with zero attached hydrogens (tertiary/aromatic N) is 2. The number of nitriles is 1. The monoisotopic (exact) mass is 336 g/mol. The van der Waals surface area contributed by atoms with E-state index in [1.807, 2.05) is 30.9 Å². The normalized spacial score (nSPS) is 21.3. The van der Waals surface area contributed by atoms with Crippen molar-refractivity contribution >= 4 is 27.6 Å². The second-order valence-electron chi connectivity index (χ2n) is 5.77. The van der Waals surface area contributed by atoms with E-state index in [0.29, 0.717) is 22.3 Å². The number of carboxylic acid groups (broad SMARTS) is 1. The van der Waals surface area contributed by atoms with Gasteiger partial charge in [0, 0.05) is 11.0 Å². The van der Waals surface area contributed by atoms with Gasteiger partial charge in [0.05, 0.1) is 11.3 Å². The third-order valence-corrected chi connectivity index (χ3v) is 4.58. The molecule has 0 radical (unpaired) electrons. The molecule has 20 heavy (non-hydrogen) atoms. The van der Waals surface area contributed by atoms with Gasteiger partial charge in [-0.25, -0.2) is 4.79 Å². The third kappa shape index (κ3) is 2.53. The molecule has 1 atom stereocenters. The van der Waals surface area contributed by atoms with E-state index in [1.54, 1.807) is 6.07 Å². The molecule has 1 aliphatic heterocycles. The number of aliphatic carboxylic acids is 1. The molecule has 0 spiro atoms. The molecule has 1 fully saturated rings. The molecule has 0 aliphatic carbocycles. The van der Waals surface area contributed by atoms with Crippen molar-refractivity contribution in [2.24, 2.45) is 5.41 Å². The number of carboxylic acids is 1. The second kappa shape index (κ2) is 5.45. The molecule has 1 saturated heterocycles. The molecule has 1 N–H and O–H groups in total. The fourth-order valence-electron chi connectivity index (χ4n) is 2.98. The third-order valence-electron chi connectivity index (χ3n) is 3.92. The molecule has 1 aromatic carbocycles. The predicted molar refractivity (Wildman–Crippen MR) is 80.6 cm³/mol. The van der Waals surface area contributed by atoms with Gasteiger partial charge < -0.3 is 10.0 Å². The van der Waals surface area contributed by atoms with E-state index in [0.717, 1.165) is 12.8 Å². The van der Waals surface area contributed by atoms with E-state index in [9.17, 15) is 15.2 Å². The second-order valence-corrected chi connectivity index (χ2v) is 6.63. The fourth-order valence-corrected chi connectivity index (χ4v) is 3.43. The average molecular weight is 337 g/mol. The number of rotatable bonds is 2. The first kappa shape index (κ1) is 14.9. The van der Waals surface area contributed by atoms with Gasteiger partial charge in [-0.3, -0.25) is 0 Å². The minimum Gasteiger partial charge on any atom is -0.480 e. The highest BCUT2D eigenvalue weighted by Gasteiger charge is 2.43. The van der Waals surface area contributed by atoms with Gasteiger partial charge in [0.25, 0.3) is 0 Å². The topological polar surface area (TPSA) is 64.3 Å². The van der Waals surface area contributed by atoms with Crippen molar-refractivity contribution in [2.75, 3.05) is 11.4 Å². The van der Waals surface area contributed by atoms with E-state index in [1.165, 1.54) is 0 Å². The van der Waals surface area contributed by atoms with E-state index in [-0.39, 0.29) is 5.41 Å². The zero-order valence-electron chi connectivity index (χ0n) is 11.6. The van der Waals surface area contributed by atoms with Crippen LogP contribution in [-0.2, 0) is 4.79 Å². The molecular formula is C15H17BrN2O2. The number of halogens is 1. The maximum atomic E-state index is 11.7. The van der Waals surface area contributed by atoms with Crippen molar-refractivity contribution in [3.63, 3.8) is 0 Å². The Balaban J connectivity index is 2.53. The smallest absolute Gasteiger partial charge is 0.326 e. The van der Waals surface area contributed by atoms with Crippen LogP contribution in [0.15, 0.2) is 22.7 Å². The van der Waals surface area contributed by atoms with Crippen molar-refractivity contribution in [3.8, 4) is 6.07 Å². The minimum atomic E-state index is -0.835. The van der Waals surface area contributed by atoms with Crippen LogP contribution in [0.3, 0.4) is 0 Å². The lowest BCUT2D eigenvalue weighted by Crippen LogP contribution is -2.54. The molecule has 1 aliphatic rings. The number of carbonyl (C=O) groups is 1. The van der Waals surface area contributed by atoms with Crippen LogP contribution in [0.2, 0.25) is 0 Å². The highest BCUT2D eigenvalue weighted by atomic mass is 79.9. The maximum Gasteiger partial charge on any atom is 0.326 e. The first-order valence-corrected chi connectivity index (χ1v) is 7.36. The minimum absolute atomic E-state index is 0.320. The SMILES string of the molecule is CC1(C)CCCN(c2cccc(Br)c2C#N)C1C(=O)O. The average Bonchev–Trinajstić information content (AvgIpc) is 2.36. The van der Waals surface area contributed by atoms with E-state index in [2.05, 4.69) is 22.0 Å². The van der Waals surface area contributed by atoms with E-state index in [4.69, 9.17) is 0 Å². The Morgan fingerprint density at radius 2 is 2.25 bits per heavy atom. The molecule has 106 valence electrons. The lowest BCUT2D eigenvalue weighted by Gasteiger charge is -2.45. The van der Waals surface area contributed by atoms with Gasteiger partial charge in [-0.2, -0.15) is 5.26 Å². The predicted octanol–water partition coefficient (Wildman–Crippen LogP) is 3.40. The molecule has 0 saturated carbocycles. The van der Waals surface area contributed by atoms with Gasteiger partial charge in [0.1, 0.15) is 12.1 Å². The summed E-state index contributed by atoms with van der Waals surface area (Å²) in [7, 11) is 0. The summed E-state index contributed by atoms with van der Waals surface area (Å²) in [6, 6.07) is 7.01. The molecule has 0 amide bonds. The molecule has 4 nitrogen and oxygen atoms in total. The first-order chi connectivity index (χ1) is 9.38. The maximum absolute atomic E-state index is 11.7. The molecule has 0 bridgehead atoms. The Labute approximate surface area is 127 Å². The molecule has 1 unspecified atom stereocenters. The van der Waals surface area contributed by atoms with Crippen molar-refractivity contribution in [2.45, 2.75) is 32.7 Å². The van der Waals surface area contributed by atoms with Gasteiger partial charge in [-0.05, 0) is 46.3 Å². The summed E-state index contributed by atoms with van der Waals surface area (Å²) in [4.78, 5) is 13.6. The number of piperidine rings is 1. The van der Waals surface area contributed by atoms with Crippen molar-refractivity contribution < 1.29 is 9.90 Å². The number of hydrogen-bond donors (Lipinski definition) is 1. The molecule has 1 aromatic rings. The van der Waals surface area contributed by atoms with Crippen LogP contribution < -0.4 is 4.90 Å². The van der Waals surface area contributed by atoms with Gasteiger partial charge in [0.15, 0.2) is 0 Å². The summed E-state index contributed by atoms with van der Waals surface area (Å²) in [5.74, 6) is -0.835. The Bertz CT molecular complexity index is 578. The van der Waals surface area contributed by atoms with Crippen molar-refractivity contribution in [1.82, 2.24) is 0 Å². The Hall–Kier alpha value is -1.54. The summed E-state index contributed by atoms with van der Waals surface area (Å²) in [5.41, 5.74) is 0.873. The first-order valence-electron chi connectivity index (χ1n) is 6.56. The largest absolute Gasteiger partial charge is 0.480 e. The van der Waals surface area contributed by atoms with Gasteiger partial charge in [-0.1, -0.05) is 19.9 Å². The summed E-state index contributed by atoms with van der Waals surface area (Å²) in [6.07, 6.45) is 1.80. The molecular weight excluding hydrogens is 320 g/mol. The van der Waals surface area contributed by atoms with Crippen LogP contribution in [0.5, 0.6) is 0 Å². The zero-order valence-corrected chi connectivity index (χ0v) is 13.1. The summed E-state index contributed by atoms with van der Waals surface area (Å²) < 4.78 is 0.699. The van der Waals surface area contributed by atoms with Crippen LogP contribution in [0.1, 0.15) is 32.3 Å². The Morgan fingerprint density at radius 1 is 1.55 bits per heavy atom. The summed E-state index contributed by atoms with van der Waals surface area (Å²) >= 11 is 3.36. The molecule has 2 rings (SSSR count). The molecule has 5 heteroatoms. The number of benzene rings is 1. The van der Waals surface area contributed by atoms with Crippen LogP contribution in [0.4, 0.5) is 5.69 Å². The lowest BCUT2D eigenvalue weighted by molar-refractivity contribution is -0.142. The lowest BCUT2D eigenvalue weighted by atomic mass is 9.76. The Morgan fingerprint density at radius 3 is 2.85 bits per heavy atom. The Kier molecular flexibility index (Phi) is 4.05. The molecule has 0 aromatic heterocycles. The highest BCUT2D eigenvalue weighted by molar-refractivity contribution is 9.10. The zero-order chi connectivity index (χ0) is 14.9. The van der Waals surface area contributed by atoms with Crippen molar-refractivity contribution in [1.29, 1.82) is 5.26 Å². The summed E-state index contributed by atoms with van der Waals surface area (Å²) in [5, 5.41) is 18.9. The van der Waals surface area contributed by atoms with Crippen LogP contribution >= 0.6 is 15.9 Å². The number of anilines is 1. The van der Waals surface area contributed by atoms with Gasteiger partial charge >= 0.3 is 5.97 Å². The summed E-state index contributed by atoms with van der Waals surface area (Å²) in [6.45, 7) is 4.61. The van der Waals surface area contributed by atoms with Crippen molar-refractivity contribution in [3.05, 3.63) is 28.2 Å². The van der Waals surface area contributed by atoms with Crippen LogP contribution in [0, 0.1) is 16.7 Å².